The number of likely N-dealkylation sites (tertiary alicyclic amines) is 1. The number of hydrogen-bond acceptors (Lipinski definition) is 11. The zero-order valence-corrected chi connectivity index (χ0v) is 35.1. The molecule has 0 bridgehead atoms. The number of rotatable bonds is 21. The quantitative estimate of drug-likeness (QED) is 0.0790. The molecule has 3 N–H and O–H groups in total. The highest BCUT2D eigenvalue weighted by Crippen LogP contribution is 2.52. The Morgan fingerprint density at radius 3 is 2.36 bits per heavy atom. The number of primary amides is 1. The molecule has 1 aromatic heterocycles. The average molecular weight is 827 g/mol. The number of nitrogens with zero attached hydrogens (tertiary/aromatic N) is 2. The Morgan fingerprint density at radius 2 is 1.67 bits per heavy atom. The number of unbranched alkanes of at least 4 members (excludes halogenated alkanes) is 4. The van der Waals surface area contributed by atoms with E-state index in [0.29, 0.717) is 58.7 Å². The van der Waals surface area contributed by atoms with Crippen LogP contribution in [0.2, 0.25) is 5.02 Å². The number of alkyl carbamates (subject to hydrolysis) is 1. The van der Waals surface area contributed by atoms with Gasteiger partial charge in [0.15, 0.2) is 6.29 Å². The van der Waals surface area contributed by atoms with Gasteiger partial charge in [-0.05, 0) is 88.3 Å². The third-order valence-electron chi connectivity index (χ3n) is 11.9. The maximum absolute atomic E-state index is 14.4. The summed E-state index contributed by atoms with van der Waals surface area (Å²) in [6.07, 6.45) is 9.83. The van der Waals surface area contributed by atoms with Crippen LogP contribution in [-0.2, 0) is 33.3 Å². The van der Waals surface area contributed by atoms with Crippen LogP contribution in [0.1, 0.15) is 96.6 Å². The van der Waals surface area contributed by atoms with Crippen molar-refractivity contribution in [3.8, 4) is 11.5 Å². The lowest BCUT2D eigenvalue weighted by Gasteiger charge is -2.28. The molecule has 0 spiro atoms. The number of ether oxygens (including phenoxy) is 6. The number of pyridine rings is 1. The van der Waals surface area contributed by atoms with Gasteiger partial charge in [0, 0.05) is 32.1 Å². The molecular formula is C43H59ClN4O10. The Labute approximate surface area is 345 Å². The van der Waals surface area contributed by atoms with Crippen LogP contribution < -0.4 is 20.5 Å². The summed E-state index contributed by atoms with van der Waals surface area (Å²) in [5.41, 5.74) is 7.98. The Balaban J connectivity index is 1.13. The Bertz CT molecular complexity index is 1820. The highest BCUT2D eigenvalue weighted by molar-refractivity contribution is 6.36. The summed E-state index contributed by atoms with van der Waals surface area (Å²) in [4.78, 5) is 58.4. The monoisotopic (exact) mass is 826 g/mol. The topological polar surface area (TPSA) is 178 Å². The zero-order valence-electron chi connectivity index (χ0n) is 34.3. The fraction of sp³-hybridized carbons (Fsp3) is 0.651. The predicted molar refractivity (Wildman–Crippen MR) is 217 cm³/mol. The molecule has 3 amide bonds. The lowest BCUT2D eigenvalue weighted by atomic mass is 10.0. The number of nitrogens with one attached hydrogen (secondary N) is 1. The molecule has 1 saturated heterocycles. The van der Waals surface area contributed by atoms with E-state index in [4.69, 9.17) is 50.7 Å². The van der Waals surface area contributed by atoms with Crippen molar-refractivity contribution in [2.45, 2.75) is 121 Å². The highest BCUT2D eigenvalue weighted by atomic mass is 35.5. The van der Waals surface area contributed by atoms with Crippen molar-refractivity contribution in [3.63, 3.8) is 0 Å². The molecule has 14 nitrogen and oxygen atoms in total. The lowest BCUT2D eigenvalue weighted by Crippen LogP contribution is -2.53. The van der Waals surface area contributed by atoms with Gasteiger partial charge in [0.2, 0.25) is 11.8 Å². The van der Waals surface area contributed by atoms with Gasteiger partial charge in [-0.1, -0.05) is 49.3 Å². The summed E-state index contributed by atoms with van der Waals surface area (Å²) in [6, 6.07) is 3.47. The van der Waals surface area contributed by atoms with E-state index in [1.807, 2.05) is 19.9 Å². The smallest absolute Gasteiger partial charge is 0.408 e. The van der Waals surface area contributed by atoms with Gasteiger partial charge < -0.3 is 44.4 Å². The van der Waals surface area contributed by atoms with Gasteiger partial charge >= 0.3 is 12.1 Å². The van der Waals surface area contributed by atoms with E-state index in [1.165, 1.54) is 32.7 Å². The van der Waals surface area contributed by atoms with Crippen molar-refractivity contribution < 1.29 is 47.6 Å². The summed E-state index contributed by atoms with van der Waals surface area (Å²) in [6.45, 7) is 4.08. The van der Waals surface area contributed by atoms with Crippen molar-refractivity contribution in [1.29, 1.82) is 0 Å². The van der Waals surface area contributed by atoms with Crippen molar-refractivity contribution >= 4 is 52.5 Å². The first kappa shape index (κ1) is 43.4. The Kier molecular flexibility index (Phi) is 14.8. The first-order chi connectivity index (χ1) is 27.9. The van der Waals surface area contributed by atoms with Crippen LogP contribution in [0.3, 0.4) is 0 Å². The second-order valence-corrected chi connectivity index (χ2v) is 16.9. The number of carbonyl (C=O) groups is 4. The molecule has 1 aliphatic heterocycles. The minimum atomic E-state index is -0.945. The second-order valence-electron chi connectivity index (χ2n) is 16.6. The van der Waals surface area contributed by atoms with Crippen molar-refractivity contribution in [2.24, 2.45) is 29.4 Å². The molecule has 318 valence electrons. The van der Waals surface area contributed by atoms with Crippen LogP contribution in [0.25, 0.3) is 17.0 Å². The van der Waals surface area contributed by atoms with E-state index in [-0.39, 0.29) is 42.6 Å². The molecule has 58 heavy (non-hydrogen) atoms. The zero-order chi connectivity index (χ0) is 41.5. The normalized spacial score (nSPS) is 24.9. The highest BCUT2D eigenvalue weighted by Gasteiger charge is 2.48. The van der Waals surface area contributed by atoms with Crippen LogP contribution in [0, 0.1) is 23.7 Å². The number of benzene rings is 1. The molecule has 4 fully saturated rings. The van der Waals surface area contributed by atoms with Gasteiger partial charge in [-0.3, -0.25) is 14.4 Å². The van der Waals surface area contributed by atoms with Crippen LogP contribution >= 0.6 is 11.6 Å². The number of esters is 1. The molecule has 8 atom stereocenters. The lowest BCUT2D eigenvalue weighted by molar-refractivity contribution is -0.142. The van der Waals surface area contributed by atoms with Gasteiger partial charge in [-0.25, -0.2) is 9.78 Å². The number of halogens is 1. The van der Waals surface area contributed by atoms with E-state index in [9.17, 15) is 19.2 Å². The van der Waals surface area contributed by atoms with Crippen LogP contribution in [0.5, 0.6) is 11.5 Å². The van der Waals surface area contributed by atoms with Crippen molar-refractivity contribution in [2.75, 3.05) is 34.5 Å². The third-order valence-corrected chi connectivity index (χ3v) is 12.3. The standard InChI is InChI=1S/C43H59ClN4O10/c1-24(2)15-28-20-36(31-13-14-35(38(44)39(31)46-28)56-23-37(53-3)54-4)57-30-21-34(40(45)49)48(22-30)41(50)33(47-43(52)58-29-17-26-16-27(26)18-29)12-10-8-6-7-9-11-25-19-32(25)42(51)55-5/h13-15,20,25-27,29-30,32-34,37H,6-12,16-19,21-23H2,1-5H3,(H2,45,49)(H,47,52)/t25-,26-,27+,29+,30?,32+,33+,34+/m1/s1. The molecule has 2 aromatic rings. The van der Waals surface area contributed by atoms with Gasteiger partial charge in [0.05, 0.1) is 30.8 Å². The molecular weight excluding hydrogens is 768 g/mol. The summed E-state index contributed by atoms with van der Waals surface area (Å²) in [5, 5.41) is 3.76. The first-order valence-corrected chi connectivity index (χ1v) is 21.0. The second kappa shape index (κ2) is 19.7. The number of amides is 3. The van der Waals surface area contributed by atoms with Crippen LogP contribution in [0.15, 0.2) is 23.8 Å². The molecule has 1 unspecified atom stereocenters. The number of fused-ring (bicyclic) bond motifs is 2. The predicted octanol–water partition coefficient (Wildman–Crippen LogP) is 6.58. The van der Waals surface area contributed by atoms with E-state index in [0.717, 1.165) is 56.9 Å². The fourth-order valence-corrected chi connectivity index (χ4v) is 8.87. The number of allylic oxidation sites excluding steroid dienone is 1. The minimum Gasteiger partial charge on any atom is -0.488 e. The number of carbonyl (C=O) groups excluding carboxylic acids is 4. The maximum Gasteiger partial charge on any atom is 0.408 e. The largest absolute Gasteiger partial charge is 0.488 e. The number of aromatic nitrogens is 1. The molecule has 15 heteroatoms. The average Bonchev–Trinajstić information content (AvgIpc) is 4.05. The molecule has 4 aliphatic rings. The molecule has 3 saturated carbocycles. The molecule has 2 heterocycles. The first-order valence-electron chi connectivity index (χ1n) is 20.7. The minimum absolute atomic E-state index is 0.0460. The Hall–Kier alpha value is -4.14. The number of nitrogens with two attached hydrogens (primary N) is 1. The van der Waals surface area contributed by atoms with Gasteiger partial charge in [-0.2, -0.15) is 0 Å². The SMILES string of the molecule is COC(=O)[C@H]1C[C@H]1CCCCCCC[C@H](NC(=O)O[C@@H]1C[C@@H]2C[C@@H]2C1)C(=O)N1CC(Oc2cc(C=C(C)C)nc3c(Cl)c(OCC(OC)OC)ccc23)C[C@H]1C(N)=O. The fourth-order valence-electron chi connectivity index (χ4n) is 8.60. The van der Waals surface area contributed by atoms with Gasteiger partial charge in [0.1, 0.15) is 47.4 Å². The van der Waals surface area contributed by atoms with E-state index in [2.05, 4.69) is 5.32 Å². The summed E-state index contributed by atoms with van der Waals surface area (Å²) in [5.74, 6) is 1.41. The van der Waals surface area contributed by atoms with Gasteiger partial charge in [-0.15, -0.1) is 0 Å². The van der Waals surface area contributed by atoms with Crippen LogP contribution in [0.4, 0.5) is 4.79 Å². The molecule has 1 aromatic carbocycles. The number of methoxy groups -OCH3 is 3. The molecule has 6 rings (SSSR count). The molecule has 3 aliphatic carbocycles. The third kappa shape index (κ3) is 11.1. The van der Waals surface area contributed by atoms with E-state index in [1.54, 1.807) is 18.2 Å². The van der Waals surface area contributed by atoms with Gasteiger partial charge in [0.25, 0.3) is 0 Å². The maximum atomic E-state index is 14.4. The summed E-state index contributed by atoms with van der Waals surface area (Å²) < 4.78 is 33.6. The van der Waals surface area contributed by atoms with Crippen LogP contribution in [-0.4, -0.2) is 98.8 Å². The summed E-state index contributed by atoms with van der Waals surface area (Å²) in [7, 11) is 4.47. The van der Waals surface area contributed by atoms with E-state index < -0.39 is 42.4 Å². The molecule has 0 radical (unpaired) electrons. The number of hydrogen-bond donors (Lipinski definition) is 2. The van der Waals surface area contributed by atoms with Crippen molar-refractivity contribution in [1.82, 2.24) is 15.2 Å². The van der Waals surface area contributed by atoms with Crippen molar-refractivity contribution in [3.05, 3.63) is 34.5 Å². The Morgan fingerprint density at radius 1 is 0.948 bits per heavy atom. The summed E-state index contributed by atoms with van der Waals surface area (Å²) >= 11 is 6.87. The van der Waals surface area contributed by atoms with E-state index >= 15 is 0 Å².